The number of alkyl halides is 3. The van der Waals surface area contributed by atoms with Crippen LogP contribution in [0.25, 0.3) is 0 Å². The van der Waals surface area contributed by atoms with Crippen molar-refractivity contribution in [2.24, 2.45) is 18.9 Å². The summed E-state index contributed by atoms with van der Waals surface area (Å²) in [5, 5.41) is 54.6. The summed E-state index contributed by atoms with van der Waals surface area (Å²) in [6, 6.07) is 55.9. The monoisotopic (exact) mass is 2040 g/mol. The number of piperidine rings is 2. The van der Waals surface area contributed by atoms with Crippen molar-refractivity contribution in [3.05, 3.63) is 331 Å². The summed E-state index contributed by atoms with van der Waals surface area (Å²) in [5.74, 6) is 4.75. The number of thiocarbonyl (C=S) groups is 1. The molecule has 4 saturated heterocycles. The lowest BCUT2D eigenvalue weighted by Crippen LogP contribution is -2.64. The van der Waals surface area contributed by atoms with Gasteiger partial charge in [-0.2, -0.15) is 18.3 Å². The molecule has 142 heavy (non-hydrogen) atoms. The van der Waals surface area contributed by atoms with Gasteiger partial charge in [-0.3, -0.25) is 43.7 Å². The summed E-state index contributed by atoms with van der Waals surface area (Å²) in [4.78, 5) is 78.2. The number of hydrogen-bond acceptors (Lipinski definition) is 22. The lowest BCUT2D eigenvalue weighted by Gasteiger charge is -2.49. The minimum Gasteiger partial charge on any atom is -0.508 e. The van der Waals surface area contributed by atoms with Gasteiger partial charge in [-0.05, 0) is 248 Å². The molecule has 8 atom stereocenters. The second kappa shape index (κ2) is 52.7. The number of nitrogens with zero attached hydrogens (tertiary/aromatic N) is 11. The highest BCUT2D eigenvalue weighted by atomic mass is 35.5. The largest absolute Gasteiger partial charge is 0.508 e. The third-order valence-electron chi connectivity index (χ3n) is 25.0. The number of aromatic hydroxyl groups is 5. The number of ether oxygens (including phenoxy) is 6. The number of piperazine rings is 1. The van der Waals surface area contributed by atoms with Crippen molar-refractivity contribution in [2.45, 2.75) is 137 Å². The maximum absolute atomic E-state index is 13.2. The zero-order chi connectivity index (χ0) is 96.1. The molecule has 4 amide bonds. The van der Waals surface area contributed by atoms with Crippen molar-refractivity contribution in [1.82, 2.24) is 54.1 Å². The van der Waals surface area contributed by atoms with Crippen LogP contribution in [0.3, 0.4) is 0 Å². The molecule has 34 heteroatoms. The number of fused-ring (bicyclic) bond motifs is 5. The van der Waals surface area contributed by atoms with Crippen molar-refractivity contribution >= 4 is 87.0 Å². The zero-order valence-electron chi connectivity index (χ0n) is 74.8. The molecule has 4 aromatic heterocycles. The first-order valence-electron chi connectivity index (χ1n) is 45.0. The van der Waals surface area contributed by atoms with Crippen LogP contribution < -0.4 is 23.7 Å². The van der Waals surface area contributed by atoms with Crippen molar-refractivity contribution in [3.8, 4) is 57.5 Å². The molecule has 754 valence electrons. The van der Waals surface area contributed by atoms with Gasteiger partial charge in [-0.25, -0.2) is 0 Å². The molecule has 0 saturated carbocycles. The van der Waals surface area contributed by atoms with Gasteiger partial charge in [0.15, 0.2) is 0 Å². The number of thiophene rings is 1. The summed E-state index contributed by atoms with van der Waals surface area (Å²) in [7, 11) is 1.78. The van der Waals surface area contributed by atoms with Gasteiger partial charge in [0.25, 0.3) is 11.8 Å². The molecule has 4 fully saturated rings. The number of halogens is 6. The van der Waals surface area contributed by atoms with Crippen LogP contribution in [0.2, 0.25) is 10.0 Å². The van der Waals surface area contributed by atoms with Crippen LogP contribution in [0, 0.1) is 11.8 Å². The number of carbonyl (C=O) groups is 4. The first kappa shape index (κ1) is 111. The van der Waals surface area contributed by atoms with E-state index in [-0.39, 0.29) is 127 Å². The highest BCUT2D eigenvalue weighted by Gasteiger charge is 2.45. The van der Waals surface area contributed by atoms with Crippen LogP contribution in [0.5, 0.6) is 57.5 Å². The molecule has 12 aromatic rings. The summed E-state index contributed by atoms with van der Waals surface area (Å²) in [5.41, 5.74) is 7.58. The Labute approximate surface area is 852 Å². The van der Waals surface area contributed by atoms with E-state index in [0.717, 1.165) is 119 Å². The Morgan fingerprint density at radius 1 is 0.549 bits per heavy atom. The number of aryl methyl sites for hydroxylation is 1. The summed E-state index contributed by atoms with van der Waals surface area (Å²) >= 11 is 25.4. The highest BCUT2D eigenvalue weighted by molar-refractivity contribution is 7.80. The predicted molar refractivity (Wildman–Crippen MR) is 551 cm³/mol. The third-order valence-corrected chi connectivity index (χ3v) is 27.2. The number of amides is 4. The van der Waals surface area contributed by atoms with Gasteiger partial charge in [0.1, 0.15) is 108 Å². The molecular weight excluding hydrogens is 1920 g/mol. The second-order valence-electron chi connectivity index (χ2n) is 33.8. The Balaban J connectivity index is 0.000000181. The molecule has 19 rings (SSSR count). The molecule has 7 aliphatic heterocycles. The first-order chi connectivity index (χ1) is 66.3. The zero-order valence-corrected chi connectivity index (χ0v) is 78.7. The maximum Gasteiger partial charge on any atom is 0.416 e. The van der Waals surface area contributed by atoms with Gasteiger partial charge in [0.05, 0.1) is 66.4 Å². The standard InChI is InChI=1S/C23H19F3N2O3.C22H25ClN2O3.C22H24ClNO3S.C19H19N5O3.C17H16ClNO3S.5CH4/c24-23(25,26)17-3-1-2-15(12-17)22(30)28-11-9-16-13-27-10-8-20(16)21(28)14-31-19-6-4-18(29)5-7-19;23-17-5-3-4-16(12-17)13-25-21(15-28-19-9-7-18(26)8-10-19)20-6-1-2-11-24(20)14-22(25)27;23-17-3-1-2-16(12-17)22(28)24-10-8-15-9-11-26-13-20(15)21(24)14-27-19-6-4-18(25)5-7-19;1-23-11-13(10-22-23)19(26)24-9-6-16-18(21-8-7-20-16)17(24)12-27-15-4-2-14(25)3-5-15;18-7-1-8-19-15(11-22-14-4-2-13(20)3-5-14)17-12(6-9-23-17)10-16(19)21;;;;;/h1-8,10,12-13,21,29H,9,11,14H2;3-5,7-10,12,20-21,26H,1-2,6,11,13-15H2;1-7,12,15,20-21,25H,8-11,13-14H2;2-5,7-8,10-11,17,25H,6,9,12H2,1H3;1-7,9,15,20H,8,10-11H2;5*1H4/b;;;;7-1+;;;;;. The van der Waals surface area contributed by atoms with Gasteiger partial charge in [-0.15, -0.1) is 11.3 Å². The molecule has 0 radical (unpaired) electrons. The Kier molecular flexibility index (Phi) is 41.1. The number of phenols is 5. The Morgan fingerprint density at radius 3 is 1.69 bits per heavy atom. The molecule has 7 aliphatic rings. The van der Waals surface area contributed by atoms with E-state index in [2.05, 4.69) is 29.9 Å². The number of hydrogen-bond donors (Lipinski definition) is 5. The molecule has 26 nitrogen and oxygen atoms in total. The molecular formula is C108H123Cl3F3N11O15S2. The molecule has 8 aromatic carbocycles. The van der Waals surface area contributed by atoms with Crippen LogP contribution in [0.1, 0.15) is 158 Å². The minimum atomic E-state index is -4.53. The molecule has 0 spiro atoms. The van der Waals surface area contributed by atoms with E-state index in [1.807, 2.05) is 64.9 Å². The van der Waals surface area contributed by atoms with Crippen LogP contribution in [-0.4, -0.2) is 212 Å². The van der Waals surface area contributed by atoms with Crippen molar-refractivity contribution in [2.75, 3.05) is 85.5 Å². The normalized spacial score (nSPS) is 18.7. The topological polar surface area (TPSA) is 301 Å². The van der Waals surface area contributed by atoms with E-state index >= 15 is 0 Å². The van der Waals surface area contributed by atoms with Gasteiger partial charge in [0, 0.05) is 127 Å². The Morgan fingerprint density at radius 2 is 1.10 bits per heavy atom. The van der Waals surface area contributed by atoms with Crippen LogP contribution in [-0.2, 0) is 53.4 Å². The average molecular weight is 2040 g/mol. The lowest BCUT2D eigenvalue weighted by atomic mass is 9.77. The minimum absolute atomic E-state index is 0. The molecule has 5 N–H and O–H groups in total. The van der Waals surface area contributed by atoms with Gasteiger partial charge >= 0.3 is 6.18 Å². The fourth-order valence-electron chi connectivity index (χ4n) is 18.0. The van der Waals surface area contributed by atoms with Crippen LogP contribution in [0.4, 0.5) is 13.2 Å². The van der Waals surface area contributed by atoms with Crippen molar-refractivity contribution in [3.63, 3.8) is 0 Å². The summed E-state index contributed by atoms with van der Waals surface area (Å²) < 4.78 is 76.4. The third kappa shape index (κ3) is 28.9. The Bertz CT molecular complexity index is 6060. The number of phenolic OH excluding ortho intramolecular Hbond substituents is 5. The first-order valence-corrected chi connectivity index (χ1v) is 47.5. The van der Waals surface area contributed by atoms with Crippen molar-refractivity contribution in [1.29, 1.82) is 0 Å². The summed E-state index contributed by atoms with van der Waals surface area (Å²) in [6.45, 7) is 7.45. The lowest BCUT2D eigenvalue weighted by molar-refractivity contribution is -0.147. The van der Waals surface area contributed by atoms with Gasteiger partial charge in [-0.1, -0.05) is 127 Å². The van der Waals surface area contributed by atoms with E-state index in [0.29, 0.717) is 128 Å². The highest BCUT2D eigenvalue weighted by Crippen LogP contribution is 2.41. The van der Waals surface area contributed by atoms with E-state index < -0.39 is 23.7 Å². The molecule has 11 heterocycles. The van der Waals surface area contributed by atoms with E-state index in [1.165, 1.54) is 41.1 Å². The van der Waals surface area contributed by atoms with Gasteiger partial charge < -0.3 is 78.5 Å². The van der Waals surface area contributed by atoms with Crippen LogP contribution in [0.15, 0.2) is 260 Å². The quantitative estimate of drug-likeness (QED) is 0.0394. The van der Waals surface area contributed by atoms with Crippen LogP contribution >= 0.6 is 58.4 Å². The number of pyridine rings is 1. The predicted octanol–water partition coefficient (Wildman–Crippen LogP) is 21.5. The SMILES string of the molecule is C.C.C.C.C.Cn1cc(C(=O)N2CCc3nccnc3C2COc2ccc(O)cc2)cn1.O=C(c1cccc(C(F)(F)F)c1)N1CCc2cnccc2C1COc1ccc(O)cc1.O=C1CN2CCCCC2C(COc2ccc(O)cc2)N1Cc1cccc(Cl)c1.O=C1Cc2ccsc2C(COc2ccc(O)cc2)N1C/C=C/Cl.Oc1ccc(OCC2C3COCCC3CCN2C(=S)c2cccc(Cl)c2)cc1. The number of carbonyl (C=O) groups excluding carboxylic acids is 4. The molecule has 8 unspecified atom stereocenters. The summed E-state index contributed by atoms with van der Waals surface area (Å²) in [6.07, 6.45) is 14.3. The van der Waals surface area contributed by atoms with Gasteiger partial charge in [0.2, 0.25) is 11.8 Å². The average Bonchev–Trinajstić information content (AvgIpc) is 1.52. The fraction of sp³-hybridized carbons (Fsp3) is 0.343. The second-order valence-corrected chi connectivity index (χ2v) is 36.3. The van der Waals surface area contributed by atoms with E-state index in [4.69, 9.17) is 75.4 Å². The van der Waals surface area contributed by atoms with Crippen molar-refractivity contribution < 1.29 is 86.3 Å². The number of rotatable bonds is 22. The van der Waals surface area contributed by atoms with E-state index in [9.17, 15) is 57.9 Å². The smallest absolute Gasteiger partial charge is 0.416 e. The number of aromatic nitrogens is 5. The Hall–Kier alpha value is -13.0. The number of likely N-dealkylation sites (tertiary alicyclic amines) is 1. The molecule has 0 aliphatic carbocycles. The molecule has 0 bridgehead atoms. The fourth-order valence-corrected chi connectivity index (χ4v) is 19.9. The maximum atomic E-state index is 13.2. The van der Waals surface area contributed by atoms with E-state index in [1.54, 1.807) is 191 Å². The number of benzene rings is 8.